The standard InChI is InChI=1S/C26H25/c1-2-3-4-13-26(24-16-14-20-9-5-7-11-22(20)18-24)25-17-15-21-10-6-8-12-23(21)19-25/h5-12,14-19,26H,1-4,13H2. The molecule has 4 rings (SSSR count). The number of hydrogen-bond acceptors (Lipinski definition) is 0. The van der Waals surface area contributed by atoms with E-state index < -0.39 is 0 Å². The van der Waals surface area contributed by atoms with Crippen LogP contribution in [0.25, 0.3) is 21.5 Å². The molecule has 0 heteroatoms. The van der Waals surface area contributed by atoms with Crippen molar-refractivity contribution >= 4 is 21.5 Å². The van der Waals surface area contributed by atoms with Crippen molar-refractivity contribution in [2.24, 2.45) is 0 Å². The fourth-order valence-electron chi connectivity index (χ4n) is 3.90. The van der Waals surface area contributed by atoms with Gasteiger partial charge in [-0.15, -0.1) is 0 Å². The van der Waals surface area contributed by atoms with Crippen molar-refractivity contribution in [3.8, 4) is 0 Å². The van der Waals surface area contributed by atoms with Gasteiger partial charge >= 0.3 is 0 Å². The number of rotatable bonds is 6. The van der Waals surface area contributed by atoms with E-state index in [2.05, 4.69) is 91.9 Å². The Morgan fingerprint density at radius 3 is 1.58 bits per heavy atom. The minimum absolute atomic E-state index is 0.441. The Labute approximate surface area is 156 Å². The maximum absolute atomic E-state index is 4.01. The van der Waals surface area contributed by atoms with Crippen LogP contribution in [0.1, 0.15) is 42.7 Å². The topological polar surface area (TPSA) is 0 Å². The quantitative estimate of drug-likeness (QED) is 0.319. The Morgan fingerprint density at radius 1 is 0.577 bits per heavy atom. The van der Waals surface area contributed by atoms with Crippen molar-refractivity contribution in [3.63, 3.8) is 0 Å². The van der Waals surface area contributed by atoms with Crippen molar-refractivity contribution in [3.05, 3.63) is 103 Å². The first kappa shape index (κ1) is 16.8. The predicted molar refractivity (Wildman–Crippen MR) is 114 cm³/mol. The molecule has 0 aromatic heterocycles. The second-order valence-corrected chi connectivity index (χ2v) is 7.12. The number of fused-ring (bicyclic) bond motifs is 2. The van der Waals surface area contributed by atoms with Gasteiger partial charge in [-0.05, 0) is 39.1 Å². The zero-order valence-electron chi connectivity index (χ0n) is 15.2. The summed E-state index contributed by atoms with van der Waals surface area (Å²) in [7, 11) is 0. The van der Waals surface area contributed by atoms with Crippen LogP contribution in [0.4, 0.5) is 0 Å². The molecule has 0 N–H and O–H groups in total. The van der Waals surface area contributed by atoms with E-state index in [0.717, 1.165) is 6.42 Å². The molecule has 0 aliphatic carbocycles. The Morgan fingerprint density at radius 2 is 1.08 bits per heavy atom. The Bertz CT molecular complexity index is 933. The summed E-state index contributed by atoms with van der Waals surface area (Å²) in [6.45, 7) is 4.01. The molecule has 0 saturated heterocycles. The predicted octanol–water partition coefficient (Wildman–Crippen LogP) is 7.52. The summed E-state index contributed by atoms with van der Waals surface area (Å²) >= 11 is 0. The summed E-state index contributed by atoms with van der Waals surface area (Å²) in [6, 6.07) is 31.2. The molecule has 0 saturated carbocycles. The Balaban J connectivity index is 1.76. The van der Waals surface area contributed by atoms with Crippen molar-refractivity contribution in [1.82, 2.24) is 0 Å². The zero-order chi connectivity index (χ0) is 17.8. The van der Waals surface area contributed by atoms with E-state index in [4.69, 9.17) is 0 Å². The Kier molecular flexibility index (Phi) is 5.02. The van der Waals surface area contributed by atoms with Crippen LogP contribution in [0.2, 0.25) is 0 Å². The SMILES string of the molecule is [CH2]CCCCC(c1ccc2ccccc2c1)c1ccc2ccccc2c1. The van der Waals surface area contributed by atoms with Gasteiger partial charge in [0.15, 0.2) is 0 Å². The lowest BCUT2D eigenvalue weighted by Crippen LogP contribution is -2.02. The molecule has 0 heterocycles. The summed E-state index contributed by atoms with van der Waals surface area (Å²) < 4.78 is 0. The van der Waals surface area contributed by atoms with Crippen molar-refractivity contribution in [2.45, 2.75) is 31.6 Å². The van der Waals surface area contributed by atoms with Gasteiger partial charge in [0.2, 0.25) is 0 Å². The van der Waals surface area contributed by atoms with E-state index in [-0.39, 0.29) is 0 Å². The fourth-order valence-corrected chi connectivity index (χ4v) is 3.90. The van der Waals surface area contributed by atoms with Crippen LogP contribution in [0, 0.1) is 6.92 Å². The van der Waals surface area contributed by atoms with Crippen molar-refractivity contribution < 1.29 is 0 Å². The molecule has 0 nitrogen and oxygen atoms in total. The van der Waals surface area contributed by atoms with E-state index in [1.807, 2.05) is 0 Å². The van der Waals surface area contributed by atoms with Gasteiger partial charge in [0.25, 0.3) is 0 Å². The molecule has 26 heavy (non-hydrogen) atoms. The minimum Gasteiger partial charge on any atom is -0.0616 e. The molecule has 0 fully saturated rings. The molecular formula is C26H25. The third kappa shape index (κ3) is 3.51. The van der Waals surface area contributed by atoms with E-state index >= 15 is 0 Å². The summed E-state index contributed by atoms with van der Waals surface area (Å²) in [5.41, 5.74) is 2.84. The Hall–Kier alpha value is -2.60. The molecule has 0 bridgehead atoms. The number of hydrogen-bond donors (Lipinski definition) is 0. The lowest BCUT2D eigenvalue weighted by Gasteiger charge is -2.19. The van der Waals surface area contributed by atoms with Crippen LogP contribution in [-0.2, 0) is 0 Å². The largest absolute Gasteiger partial charge is 0.0616 e. The smallest absolute Gasteiger partial charge is 0.00897 e. The van der Waals surface area contributed by atoms with Crippen LogP contribution in [-0.4, -0.2) is 0 Å². The van der Waals surface area contributed by atoms with E-state index in [1.54, 1.807) is 0 Å². The molecule has 0 spiro atoms. The molecule has 129 valence electrons. The van der Waals surface area contributed by atoms with Gasteiger partial charge in [-0.3, -0.25) is 0 Å². The minimum atomic E-state index is 0.441. The first-order valence-electron chi connectivity index (χ1n) is 9.62. The van der Waals surface area contributed by atoms with E-state index in [9.17, 15) is 0 Å². The summed E-state index contributed by atoms with van der Waals surface area (Å²) in [5.74, 6) is 0.441. The van der Waals surface area contributed by atoms with Crippen molar-refractivity contribution in [1.29, 1.82) is 0 Å². The van der Waals surface area contributed by atoms with E-state index in [0.29, 0.717) is 5.92 Å². The van der Waals surface area contributed by atoms with Gasteiger partial charge in [0, 0.05) is 5.92 Å². The first-order valence-corrected chi connectivity index (χ1v) is 9.62. The average molecular weight is 337 g/mol. The third-order valence-electron chi connectivity index (χ3n) is 5.34. The van der Waals surface area contributed by atoms with Crippen LogP contribution in [0.5, 0.6) is 0 Å². The molecule has 0 unspecified atom stereocenters. The van der Waals surface area contributed by atoms with Crippen LogP contribution < -0.4 is 0 Å². The second kappa shape index (κ2) is 7.74. The lowest BCUT2D eigenvalue weighted by atomic mass is 9.85. The molecule has 4 aromatic carbocycles. The molecule has 0 amide bonds. The molecular weight excluding hydrogens is 312 g/mol. The van der Waals surface area contributed by atoms with Crippen LogP contribution in [0.3, 0.4) is 0 Å². The summed E-state index contributed by atoms with van der Waals surface area (Å²) in [6.07, 6.45) is 4.60. The lowest BCUT2D eigenvalue weighted by molar-refractivity contribution is 0.631. The van der Waals surface area contributed by atoms with Crippen molar-refractivity contribution in [2.75, 3.05) is 0 Å². The molecule has 1 radical (unpaired) electrons. The zero-order valence-corrected chi connectivity index (χ0v) is 15.2. The van der Waals surface area contributed by atoms with Gasteiger partial charge in [-0.25, -0.2) is 0 Å². The maximum Gasteiger partial charge on any atom is 0.00897 e. The van der Waals surface area contributed by atoms with Gasteiger partial charge in [-0.1, -0.05) is 111 Å². The normalized spacial score (nSPS) is 11.5. The fraction of sp³-hybridized carbons (Fsp3) is 0.192. The monoisotopic (exact) mass is 337 g/mol. The van der Waals surface area contributed by atoms with E-state index in [1.165, 1.54) is 51.9 Å². The van der Waals surface area contributed by atoms with Gasteiger partial charge in [-0.2, -0.15) is 0 Å². The number of unbranched alkanes of at least 4 members (excludes halogenated alkanes) is 2. The first-order chi connectivity index (χ1) is 12.8. The van der Waals surface area contributed by atoms with Gasteiger partial charge in [0.05, 0.1) is 0 Å². The average Bonchev–Trinajstić information content (AvgIpc) is 2.70. The summed E-state index contributed by atoms with van der Waals surface area (Å²) in [5, 5.41) is 5.28. The van der Waals surface area contributed by atoms with Crippen LogP contribution in [0.15, 0.2) is 84.9 Å². The molecule has 0 aliphatic heterocycles. The highest BCUT2D eigenvalue weighted by atomic mass is 14.2. The van der Waals surface area contributed by atoms with Gasteiger partial charge in [0.1, 0.15) is 0 Å². The summed E-state index contributed by atoms with van der Waals surface area (Å²) in [4.78, 5) is 0. The highest BCUT2D eigenvalue weighted by Crippen LogP contribution is 2.33. The van der Waals surface area contributed by atoms with Crippen LogP contribution >= 0.6 is 0 Å². The number of benzene rings is 4. The second-order valence-electron chi connectivity index (χ2n) is 7.12. The molecule has 0 aliphatic rings. The molecule has 4 aromatic rings. The maximum atomic E-state index is 4.01. The highest BCUT2D eigenvalue weighted by molar-refractivity contribution is 5.84. The van der Waals surface area contributed by atoms with Gasteiger partial charge < -0.3 is 0 Å². The highest BCUT2D eigenvalue weighted by Gasteiger charge is 2.15. The molecule has 0 atom stereocenters. The third-order valence-corrected chi connectivity index (χ3v) is 5.34.